The number of alkyl halides is 1. The Morgan fingerprint density at radius 1 is 1.60 bits per heavy atom. The fraction of sp³-hybridized carbons (Fsp3) is 0.727. The first-order valence-corrected chi connectivity index (χ1v) is 6.62. The van der Waals surface area contributed by atoms with Gasteiger partial charge in [0.05, 0.1) is 11.4 Å². The van der Waals surface area contributed by atoms with Crippen LogP contribution < -0.4 is 5.32 Å². The van der Waals surface area contributed by atoms with E-state index >= 15 is 0 Å². The fourth-order valence-corrected chi connectivity index (χ4v) is 2.25. The van der Waals surface area contributed by atoms with E-state index in [1.54, 1.807) is 0 Å². The third-order valence-corrected chi connectivity index (χ3v) is 2.92. The van der Waals surface area contributed by atoms with Gasteiger partial charge < -0.3 is 5.32 Å². The molecule has 0 saturated carbocycles. The first-order valence-electron chi connectivity index (χ1n) is 5.50. The van der Waals surface area contributed by atoms with Gasteiger partial charge in [-0.1, -0.05) is 15.9 Å². The van der Waals surface area contributed by atoms with Gasteiger partial charge in [-0.05, 0) is 33.3 Å². The highest BCUT2D eigenvalue weighted by atomic mass is 79.9. The van der Waals surface area contributed by atoms with E-state index in [9.17, 15) is 0 Å². The molecule has 0 saturated heterocycles. The van der Waals surface area contributed by atoms with Gasteiger partial charge in [0, 0.05) is 24.5 Å². The Morgan fingerprint density at radius 3 is 2.93 bits per heavy atom. The standard InChI is InChI=1S/C11H20BrN3/c1-4-15-11(7-10(3)14-15)8-13-9(2)5-6-12/h7,9,13H,4-6,8H2,1-3H3. The smallest absolute Gasteiger partial charge is 0.0597 e. The third-order valence-electron chi connectivity index (χ3n) is 2.46. The summed E-state index contributed by atoms with van der Waals surface area (Å²) in [5.74, 6) is 0. The van der Waals surface area contributed by atoms with Gasteiger partial charge in [-0.2, -0.15) is 5.10 Å². The summed E-state index contributed by atoms with van der Waals surface area (Å²) in [5.41, 5.74) is 2.37. The molecule has 15 heavy (non-hydrogen) atoms. The van der Waals surface area contributed by atoms with E-state index in [2.05, 4.69) is 50.9 Å². The topological polar surface area (TPSA) is 29.9 Å². The second kappa shape index (κ2) is 6.28. The molecule has 1 aromatic rings. The highest BCUT2D eigenvalue weighted by Gasteiger charge is 2.05. The van der Waals surface area contributed by atoms with Crippen molar-refractivity contribution in [3.8, 4) is 0 Å². The van der Waals surface area contributed by atoms with Crippen LogP contribution in [0.1, 0.15) is 31.7 Å². The summed E-state index contributed by atoms with van der Waals surface area (Å²) in [6.07, 6.45) is 1.15. The molecule has 0 aliphatic heterocycles. The molecule has 0 bridgehead atoms. The molecule has 4 heteroatoms. The molecule has 0 aromatic carbocycles. The molecule has 1 rings (SSSR count). The van der Waals surface area contributed by atoms with Gasteiger partial charge in [-0.3, -0.25) is 4.68 Å². The lowest BCUT2D eigenvalue weighted by atomic mass is 10.2. The van der Waals surface area contributed by atoms with Crippen LogP contribution in [-0.2, 0) is 13.1 Å². The lowest BCUT2D eigenvalue weighted by Gasteiger charge is -2.12. The predicted molar refractivity (Wildman–Crippen MR) is 67.4 cm³/mol. The number of nitrogens with one attached hydrogen (secondary N) is 1. The molecule has 86 valence electrons. The fourth-order valence-electron chi connectivity index (χ4n) is 1.56. The largest absolute Gasteiger partial charge is 0.309 e. The molecule has 1 atom stereocenters. The monoisotopic (exact) mass is 273 g/mol. The molecule has 1 heterocycles. The van der Waals surface area contributed by atoms with E-state index in [0.29, 0.717) is 6.04 Å². The first kappa shape index (κ1) is 12.7. The normalized spacial score (nSPS) is 13.1. The lowest BCUT2D eigenvalue weighted by molar-refractivity contribution is 0.509. The Bertz CT molecular complexity index is 296. The molecule has 0 spiro atoms. The summed E-state index contributed by atoms with van der Waals surface area (Å²) >= 11 is 3.45. The van der Waals surface area contributed by atoms with Crippen molar-refractivity contribution in [1.29, 1.82) is 0 Å². The van der Waals surface area contributed by atoms with Crippen molar-refractivity contribution in [1.82, 2.24) is 15.1 Å². The molecule has 1 unspecified atom stereocenters. The summed E-state index contributed by atoms with van der Waals surface area (Å²) in [7, 11) is 0. The maximum atomic E-state index is 4.42. The minimum Gasteiger partial charge on any atom is -0.309 e. The summed E-state index contributed by atoms with van der Waals surface area (Å²) in [6.45, 7) is 8.22. The van der Waals surface area contributed by atoms with Crippen molar-refractivity contribution in [2.45, 2.75) is 46.3 Å². The predicted octanol–water partition coefficient (Wildman–Crippen LogP) is 2.47. The van der Waals surface area contributed by atoms with E-state index in [1.807, 2.05) is 6.92 Å². The molecular formula is C11H20BrN3. The average Bonchev–Trinajstić information content (AvgIpc) is 2.56. The molecule has 3 nitrogen and oxygen atoms in total. The Labute approximate surface area is 100 Å². The minimum atomic E-state index is 0.546. The summed E-state index contributed by atoms with van der Waals surface area (Å²) in [6, 6.07) is 2.70. The van der Waals surface area contributed by atoms with Gasteiger partial charge in [0.2, 0.25) is 0 Å². The van der Waals surface area contributed by atoms with Gasteiger partial charge in [0.15, 0.2) is 0 Å². The highest BCUT2D eigenvalue weighted by Crippen LogP contribution is 2.04. The van der Waals surface area contributed by atoms with Crippen molar-refractivity contribution in [3.05, 3.63) is 17.5 Å². The van der Waals surface area contributed by atoms with Crippen molar-refractivity contribution < 1.29 is 0 Å². The van der Waals surface area contributed by atoms with Crippen molar-refractivity contribution in [3.63, 3.8) is 0 Å². The van der Waals surface area contributed by atoms with E-state index in [-0.39, 0.29) is 0 Å². The molecule has 1 aromatic heterocycles. The van der Waals surface area contributed by atoms with Crippen LogP contribution in [0, 0.1) is 6.92 Å². The minimum absolute atomic E-state index is 0.546. The molecule has 0 fully saturated rings. The number of halogens is 1. The lowest BCUT2D eigenvalue weighted by Crippen LogP contribution is -2.26. The van der Waals surface area contributed by atoms with Crippen LogP contribution in [0.3, 0.4) is 0 Å². The van der Waals surface area contributed by atoms with Crippen molar-refractivity contribution >= 4 is 15.9 Å². The van der Waals surface area contributed by atoms with Gasteiger partial charge in [-0.25, -0.2) is 0 Å². The molecule has 1 N–H and O–H groups in total. The van der Waals surface area contributed by atoms with Crippen LogP contribution in [0.25, 0.3) is 0 Å². The zero-order valence-electron chi connectivity index (χ0n) is 9.76. The van der Waals surface area contributed by atoms with E-state index in [1.165, 1.54) is 5.69 Å². The van der Waals surface area contributed by atoms with Crippen LogP contribution in [0.5, 0.6) is 0 Å². The van der Waals surface area contributed by atoms with Gasteiger partial charge in [-0.15, -0.1) is 0 Å². The first-order chi connectivity index (χ1) is 7.17. The second-order valence-electron chi connectivity index (χ2n) is 3.85. The molecule has 0 amide bonds. The number of aryl methyl sites for hydroxylation is 2. The van der Waals surface area contributed by atoms with Crippen LogP contribution in [0.4, 0.5) is 0 Å². The zero-order chi connectivity index (χ0) is 11.3. The Hall–Kier alpha value is -0.350. The van der Waals surface area contributed by atoms with Gasteiger partial charge in [0.1, 0.15) is 0 Å². The van der Waals surface area contributed by atoms with Crippen molar-refractivity contribution in [2.75, 3.05) is 5.33 Å². The number of rotatable bonds is 6. The van der Waals surface area contributed by atoms with Crippen LogP contribution in [0.15, 0.2) is 6.07 Å². The Morgan fingerprint density at radius 2 is 2.33 bits per heavy atom. The van der Waals surface area contributed by atoms with Crippen LogP contribution >= 0.6 is 15.9 Å². The maximum absolute atomic E-state index is 4.42. The van der Waals surface area contributed by atoms with Crippen LogP contribution in [-0.4, -0.2) is 21.2 Å². The van der Waals surface area contributed by atoms with Gasteiger partial charge in [0.25, 0.3) is 0 Å². The number of nitrogens with zero attached hydrogens (tertiary/aromatic N) is 2. The number of aromatic nitrogens is 2. The third kappa shape index (κ3) is 3.95. The highest BCUT2D eigenvalue weighted by molar-refractivity contribution is 9.09. The van der Waals surface area contributed by atoms with Gasteiger partial charge >= 0.3 is 0 Å². The number of hydrogen-bond donors (Lipinski definition) is 1. The summed E-state index contributed by atoms with van der Waals surface area (Å²) in [5, 5.41) is 8.97. The molecule has 0 aliphatic rings. The van der Waals surface area contributed by atoms with Crippen LogP contribution in [0.2, 0.25) is 0 Å². The SMILES string of the molecule is CCn1nc(C)cc1CNC(C)CCBr. The summed E-state index contributed by atoms with van der Waals surface area (Å²) in [4.78, 5) is 0. The van der Waals surface area contributed by atoms with E-state index in [4.69, 9.17) is 0 Å². The average molecular weight is 274 g/mol. The van der Waals surface area contributed by atoms with Crippen molar-refractivity contribution in [2.24, 2.45) is 0 Å². The Balaban J connectivity index is 2.49. The Kier molecular flexibility index (Phi) is 5.32. The van der Waals surface area contributed by atoms with E-state index in [0.717, 1.165) is 30.5 Å². The number of hydrogen-bond acceptors (Lipinski definition) is 2. The quantitative estimate of drug-likeness (QED) is 0.808. The summed E-state index contributed by atoms with van der Waals surface area (Å²) < 4.78 is 2.06. The second-order valence-corrected chi connectivity index (χ2v) is 4.65. The van der Waals surface area contributed by atoms with E-state index < -0.39 is 0 Å². The molecule has 0 aliphatic carbocycles. The molecular weight excluding hydrogens is 254 g/mol. The zero-order valence-corrected chi connectivity index (χ0v) is 11.3. The maximum Gasteiger partial charge on any atom is 0.0597 e. The molecule has 0 radical (unpaired) electrons.